The molecule has 1 heterocycles. The minimum atomic E-state index is -0.674. The van der Waals surface area contributed by atoms with E-state index in [1.165, 1.54) is 12.1 Å². The Bertz CT molecular complexity index is 459. The molecule has 0 saturated carbocycles. The Balaban J connectivity index is 2.19. The quantitative estimate of drug-likeness (QED) is 0.876. The highest BCUT2D eigenvalue weighted by molar-refractivity contribution is 5.94. The van der Waals surface area contributed by atoms with Gasteiger partial charge in [-0.1, -0.05) is 0 Å². The van der Waals surface area contributed by atoms with E-state index in [0.29, 0.717) is 6.54 Å². The van der Waals surface area contributed by atoms with E-state index in [2.05, 4.69) is 5.32 Å². The van der Waals surface area contributed by atoms with Crippen LogP contribution in [0.1, 0.15) is 30.1 Å². The Hall–Kier alpha value is -1.62. The lowest BCUT2D eigenvalue weighted by atomic mass is 10.0. The van der Waals surface area contributed by atoms with Gasteiger partial charge < -0.3 is 15.3 Å². The first-order valence-corrected chi connectivity index (χ1v) is 6.63. The number of hydrogen-bond acceptors (Lipinski definition) is 3. The first-order valence-electron chi connectivity index (χ1n) is 6.63. The van der Waals surface area contributed by atoms with Crippen molar-refractivity contribution >= 4 is 5.91 Å². The van der Waals surface area contributed by atoms with Crippen molar-refractivity contribution in [3.8, 4) is 5.75 Å². The molecule has 1 aromatic carbocycles. The van der Waals surface area contributed by atoms with Crippen molar-refractivity contribution in [3.63, 3.8) is 0 Å². The van der Waals surface area contributed by atoms with E-state index in [9.17, 15) is 14.3 Å². The number of phenols is 1. The van der Waals surface area contributed by atoms with Crippen molar-refractivity contribution < 1.29 is 14.3 Å². The molecule has 1 unspecified atom stereocenters. The zero-order valence-corrected chi connectivity index (χ0v) is 11.0. The van der Waals surface area contributed by atoms with Gasteiger partial charge in [0.25, 0.3) is 5.91 Å². The summed E-state index contributed by atoms with van der Waals surface area (Å²) in [6.45, 7) is 4.16. The molecule has 0 bridgehead atoms. The first-order chi connectivity index (χ1) is 9.13. The van der Waals surface area contributed by atoms with Gasteiger partial charge in [0, 0.05) is 25.2 Å². The lowest BCUT2D eigenvalue weighted by molar-refractivity contribution is 0.0657. The number of hydrogen-bond donors (Lipinski definition) is 2. The number of aromatic hydroxyl groups is 1. The van der Waals surface area contributed by atoms with Gasteiger partial charge in [0.2, 0.25) is 0 Å². The SMILES string of the molecule is CCN(C(=O)c1ccc(O)cc1F)C1CCCNC1. The van der Waals surface area contributed by atoms with Crippen LogP contribution in [0, 0.1) is 5.82 Å². The Morgan fingerprint density at radius 3 is 2.95 bits per heavy atom. The molecule has 0 spiro atoms. The number of amides is 1. The van der Waals surface area contributed by atoms with Crippen LogP contribution >= 0.6 is 0 Å². The predicted molar refractivity (Wildman–Crippen MR) is 70.7 cm³/mol. The molecular formula is C14H19FN2O2. The Labute approximate surface area is 112 Å². The average Bonchev–Trinajstić information content (AvgIpc) is 2.40. The normalized spacial score (nSPS) is 19.2. The highest BCUT2D eigenvalue weighted by atomic mass is 19.1. The highest BCUT2D eigenvalue weighted by Gasteiger charge is 2.26. The molecule has 1 amide bonds. The lowest BCUT2D eigenvalue weighted by Crippen LogP contribution is -2.48. The summed E-state index contributed by atoms with van der Waals surface area (Å²) < 4.78 is 13.7. The molecular weight excluding hydrogens is 247 g/mol. The van der Waals surface area contributed by atoms with Gasteiger partial charge in [0.15, 0.2) is 0 Å². The maximum absolute atomic E-state index is 13.7. The van der Waals surface area contributed by atoms with Gasteiger partial charge in [-0.15, -0.1) is 0 Å². The second kappa shape index (κ2) is 6.02. The van der Waals surface area contributed by atoms with Crippen LogP contribution in [-0.2, 0) is 0 Å². The molecule has 1 aliphatic rings. The molecule has 0 aliphatic carbocycles. The molecule has 104 valence electrons. The molecule has 1 saturated heterocycles. The first kappa shape index (κ1) is 13.8. The number of rotatable bonds is 3. The van der Waals surface area contributed by atoms with E-state index in [-0.39, 0.29) is 23.3 Å². The van der Waals surface area contributed by atoms with Crippen molar-refractivity contribution in [3.05, 3.63) is 29.6 Å². The summed E-state index contributed by atoms with van der Waals surface area (Å²) in [5, 5.41) is 12.4. The molecule has 19 heavy (non-hydrogen) atoms. The second-order valence-electron chi connectivity index (χ2n) is 4.76. The van der Waals surface area contributed by atoms with Crippen molar-refractivity contribution in [2.24, 2.45) is 0 Å². The molecule has 2 rings (SSSR count). The molecule has 1 aromatic rings. The zero-order valence-electron chi connectivity index (χ0n) is 11.0. The van der Waals surface area contributed by atoms with Crippen molar-refractivity contribution in [2.75, 3.05) is 19.6 Å². The van der Waals surface area contributed by atoms with Crippen LogP contribution in [0.2, 0.25) is 0 Å². The summed E-state index contributed by atoms with van der Waals surface area (Å²) in [5.41, 5.74) is 0.0187. The Morgan fingerprint density at radius 1 is 1.58 bits per heavy atom. The van der Waals surface area contributed by atoms with E-state index in [4.69, 9.17) is 0 Å². The Kier molecular flexibility index (Phi) is 4.37. The predicted octanol–water partition coefficient (Wildman–Crippen LogP) is 1.75. The fraction of sp³-hybridized carbons (Fsp3) is 0.500. The average molecular weight is 266 g/mol. The van der Waals surface area contributed by atoms with Gasteiger partial charge in [-0.05, 0) is 38.4 Å². The van der Waals surface area contributed by atoms with Crippen LogP contribution in [-0.4, -0.2) is 41.6 Å². The van der Waals surface area contributed by atoms with Crippen LogP contribution in [0.4, 0.5) is 4.39 Å². The number of halogens is 1. The van der Waals surface area contributed by atoms with Gasteiger partial charge in [0.1, 0.15) is 11.6 Å². The fourth-order valence-electron chi connectivity index (χ4n) is 2.50. The minimum absolute atomic E-state index is 0.0187. The third-order valence-corrected chi connectivity index (χ3v) is 3.50. The lowest BCUT2D eigenvalue weighted by Gasteiger charge is -2.34. The monoisotopic (exact) mass is 266 g/mol. The van der Waals surface area contributed by atoms with E-state index in [1.807, 2.05) is 6.92 Å². The molecule has 1 atom stereocenters. The van der Waals surface area contributed by atoms with Gasteiger partial charge in [-0.25, -0.2) is 4.39 Å². The summed E-state index contributed by atoms with van der Waals surface area (Å²) in [6.07, 6.45) is 1.96. The Morgan fingerprint density at radius 2 is 2.37 bits per heavy atom. The molecule has 1 fully saturated rings. The van der Waals surface area contributed by atoms with Gasteiger partial charge in [0.05, 0.1) is 5.56 Å². The van der Waals surface area contributed by atoms with E-state index in [0.717, 1.165) is 32.0 Å². The molecule has 2 N–H and O–H groups in total. The topological polar surface area (TPSA) is 52.6 Å². The molecule has 1 aliphatic heterocycles. The summed E-state index contributed by atoms with van der Waals surface area (Å²) in [6, 6.07) is 3.76. The number of carbonyl (C=O) groups excluding carboxylic acids is 1. The van der Waals surface area contributed by atoms with E-state index in [1.54, 1.807) is 4.90 Å². The summed E-state index contributed by atoms with van der Waals surface area (Å²) in [5.74, 6) is -1.16. The van der Waals surface area contributed by atoms with Crippen molar-refractivity contribution in [1.29, 1.82) is 0 Å². The van der Waals surface area contributed by atoms with Gasteiger partial charge >= 0.3 is 0 Å². The fourth-order valence-corrected chi connectivity index (χ4v) is 2.50. The van der Waals surface area contributed by atoms with Gasteiger partial charge in [-0.3, -0.25) is 4.79 Å². The number of likely N-dealkylation sites (N-methyl/N-ethyl adjacent to an activating group) is 1. The van der Waals surface area contributed by atoms with Crippen LogP contribution < -0.4 is 5.32 Å². The van der Waals surface area contributed by atoms with Crippen LogP contribution in [0.3, 0.4) is 0 Å². The number of nitrogens with zero attached hydrogens (tertiary/aromatic N) is 1. The number of nitrogens with one attached hydrogen (secondary N) is 1. The number of phenolic OH excluding ortho intramolecular Hbond substituents is 1. The maximum atomic E-state index is 13.7. The summed E-state index contributed by atoms with van der Waals surface area (Å²) in [4.78, 5) is 14.1. The maximum Gasteiger partial charge on any atom is 0.257 e. The number of piperidine rings is 1. The summed E-state index contributed by atoms with van der Waals surface area (Å²) >= 11 is 0. The standard InChI is InChI=1S/C14H19FN2O2/c1-2-17(10-4-3-7-16-9-10)14(19)12-6-5-11(18)8-13(12)15/h5-6,8,10,16,18H,2-4,7,9H2,1H3. The molecule has 0 radical (unpaired) electrons. The number of carbonyl (C=O) groups is 1. The highest BCUT2D eigenvalue weighted by Crippen LogP contribution is 2.19. The van der Waals surface area contributed by atoms with E-state index < -0.39 is 5.82 Å². The van der Waals surface area contributed by atoms with Gasteiger partial charge in [-0.2, -0.15) is 0 Å². The van der Waals surface area contributed by atoms with Crippen molar-refractivity contribution in [2.45, 2.75) is 25.8 Å². The molecule has 5 heteroatoms. The van der Waals surface area contributed by atoms with Crippen LogP contribution in [0.15, 0.2) is 18.2 Å². The smallest absolute Gasteiger partial charge is 0.257 e. The third kappa shape index (κ3) is 3.04. The van der Waals surface area contributed by atoms with E-state index >= 15 is 0 Å². The van der Waals surface area contributed by atoms with Crippen molar-refractivity contribution in [1.82, 2.24) is 10.2 Å². The largest absolute Gasteiger partial charge is 0.508 e. The third-order valence-electron chi connectivity index (χ3n) is 3.50. The minimum Gasteiger partial charge on any atom is -0.508 e. The molecule has 4 nitrogen and oxygen atoms in total. The molecule has 0 aromatic heterocycles. The van der Waals surface area contributed by atoms with Crippen LogP contribution in [0.25, 0.3) is 0 Å². The van der Waals surface area contributed by atoms with Crippen LogP contribution in [0.5, 0.6) is 5.75 Å². The number of benzene rings is 1. The summed E-state index contributed by atoms with van der Waals surface area (Å²) in [7, 11) is 0. The zero-order chi connectivity index (χ0) is 13.8. The second-order valence-corrected chi connectivity index (χ2v) is 4.76.